The standard InChI is InChI=1S/C22H25N5O2/c1-15-4-3-5-18(12-15)20(26-22(23)29)13-21(28)25-16(2)17-6-8-19(9-7-17)27-11-10-24-14-27/h3-12,14,16,20H,13H2,1-2H3,(H,25,28)(H3,23,26,29)/t16-,20-/m0/s1. The van der Waals surface area contributed by atoms with Gasteiger partial charge in [0.05, 0.1) is 24.8 Å². The average Bonchev–Trinajstić information content (AvgIpc) is 3.22. The van der Waals surface area contributed by atoms with Crippen molar-refractivity contribution >= 4 is 11.9 Å². The Balaban J connectivity index is 1.65. The first-order valence-corrected chi connectivity index (χ1v) is 9.42. The minimum Gasteiger partial charge on any atom is -0.352 e. The Labute approximate surface area is 170 Å². The van der Waals surface area contributed by atoms with Crippen molar-refractivity contribution in [3.05, 3.63) is 83.9 Å². The smallest absolute Gasteiger partial charge is 0.312 e. The number of primary amides is 1. The molecule has 0 unspecified atom stereocenters. The van der Waals surface area contributed by atoms with Crippen LogP contribution in [0.2, 0.25) is 0 Å². The maximum Gasteiger partial charge on any atom is 0.312 e. The van der Waals surface area contributed by atoms with Crippen molar-refractivity contribution < 1.29 is 9.59 Å². The summed E-state index contributed by atoms with van der Waals surface area (Å²) in [5.41, 5.74) is 9.17. The molecule has 4 N–H and O–H groups in total. The lowest BCUT2D eigenvalue weighted by Crippen LogP contribution is -2.37. The molecule has 3 amide bonds. The van der Waals surface area contributed by atoms with Gasteiger partial charge in [-0.05, 0) is 37.1 Å². The quantitative estimate of drug-likeness (QED) is 0.576. The normalized spacial score (nSPS) is 12.8. The van der Waals surface area contributed by atoms with Gasteiger partial charge < -0.3 is 20.9 Å². The average molecular weight is 391 g/mol. The third-order valence-corrected chi connectivity index (χ3v) is 4.72. The second-order valence-electron chi connectivity index (χ2n) is 7.03. The predicted molar refractivity (Wildman–Crippen MR) is 111 cm³/mol. The fourth-order valence-electron chi connectivity index (χ4n) is 3.23. The molecule has 0 bridgehead atoms. The fraction of sp³-hybridized carbons (Fsp3) is 0.227. The van der Waals surface area contributed by atoms with Crippen molar-refractivity contribution in [1.82, 2.24) is 20.2 Å². The highest BCUT2D eigenvalue weighted by Gasteiger charge is 2.19. The van der Waals surface area contributed by atoms with Gasteiger partial charge in [0.2, 0.25) is 5.91 Å². The maximum absolute atomic E-state index is 12.6. The zero-order valence-corrected chi connectivity index (χ0v) is 16.5. The molecule has 2 atom stereocenters. The van der Waals surface area contributed by atoms with E-state index in [1.54, 1.807) is 12.5 Å². The van der Waals surface area contributed by atoms with Gasteiger partial charge in [0, 0.05) is 18.1 Å². The summed E-state index contributed by atoms with van der Waals surface area (Å²) in [6, 6.07) is 14.2. The lowest BCUT2D eigenvalue weighted by Gasteiger charge is -2.20. The van der Waals surface area contributed by atoms with Crippen LogP contribution in [0.15, 0.2) is 67.3 Å². The molecular formula is C22H25N5O2. The van der Waals surface area contributed by atoms with E-state index in [4.69, 9.17) is 5.73 Å². The first-order chi connectivity index (χ1) is 13.9. The van der Waals surface area contributed by atoms with Gasteiger partial charge >= 0.3 is 6.03 Å². The van der Waals surface area contributed by atoms with Crippen molar-refractivity contribution in [2.75, 3.05) is 0 Å². The maximum atomic E-state index is 12.6. The minimum atomic E-state index is -0.660. The number of amides is 3. The van der Waals surface area contributed by atoms with Crippen LogP contribution in [0.1, 0.15) is 42.1 Å². The molecule has 0 aliphatic carbocycles. The number of aryl methyl sites for hydroxylation is 1. The van der Waals surface area contributed by atoms with Crippen LogP contribution in [-0.2, 0) is 4.79 Å². The fourth-order valence-corrected chi connectivity index (χ4v) is 3.23. The summed E-state index contributed by atoms with van der Waals surface area (Å²) in [6.45, 7) is 3.88. The van der Waals surface area contributed by atoms with Crippen molar-refractivity contribution in [2.24, 2.45) is 5.73 Å². The predicted octanol–water partition coefficient (Wildman–Crippen LogP) is 3.16. The third-order valence-electron chi connectivity index (χ3n) is 4.72. The molecular weight excluding hydrogens is 366 g/mol. The van der Waals surface area contributed by atoms with Crippen LogP contribution in [-0.4, -0.2) is 21.5 Å². The highest BCUT2D eigenvalue weighted by atomic mass is 16.2. The highest BCUT2D eigenvalue weighted by Crippen LogP contribution is 2.20. The molecule has 1 heterocycles. The monoisotopic (exact) mass is 391 g/mol. The molecule has 3 aromatic rings. The van der Waals surface area contributed by atoms with Gasteiger partial charge in [0.1, 0.15) is 0 Å². The van der Waals surface area contributed by atoms with Gasteiger partial charge in [0.25, 0.3) is 0 Å². The van der Waals surface area contributed by atoms with E-state index in [0.29, 0.717) is 0 Å². The zero-order chi connectivity index (χ0) is 20.8. The number of carbonyl (C=O) groups excluding carboxylic acids is 2. The van der Waals surface area contributed by atoms with Gasteiger partial charge in [0.15, 0.2) is 0 Å². The number of nitrogens with two attached hydrogens (primary N) is 1. The van der Waals surface area contributed by atoms with Gasteiger partial charge in [-0.3, -0.25) is 4.79 Å². The Morgan fingerprint density at radius 2 is 1.86 bits per heavy atom. The first-order valence-electron chi connectivity index (χ1n) is 9.42. The third kappa shape index (κ3) is 5.44. The van der Waals surface area contributed by atoms with Crippen LogP contribution in [0, 0.1) is 6.92 Å². The Bertz CT molecular complexity index is 967. The number of benzene rings is 2. The zero-order valence-electron chi connectivity index (χ0n) is 16.5. The van der Waals surface area contributed by atoms with E-state index in [1.165, 1.54) is 0 Å². The molecule has 2 aromatic carbocycles. The van der Waals surface area contributed by atoms with Crippen LogP contribution in [0.5, 0.6) is 0 Å². The van der Waals surface area contributed by atoms with E-state index < -0.39 is 12.1 Å². The number of imidazole rings is 1. The summed E-state index contributed by atoms with van der Waals surface area (Å²) in [7, 11) is 0. The molecule has 7 heteroatoms. The first kappa shape index (κ1) is 20.1. The molecule has 3 rings (SSSR count). The minimum absolute atomic E-state index is 0.101. The van der Waals surface area contributed by atoms with Crippen LogP contribution >= 0.6 is 0 Å². The molecule has 0 radical (unpaired) electrons. The lowest BCUT2D eigenvalue weighted by atomic mass is 10.0. The van der Waals surface area contributed by atoms with Crippen LogP contribution < -0.4 is 16.4 Å². The van der Waals surface area contributed by atoms with Gasteiger partial charge in [-0.2, -0.15) is 0 Å². The molecule has 0 fully saturated rings. The number of rotatable bonds is 7. The lowest BCUT2D eigenvalue weighted by molar-refractivity contribution is -0.122. The molecule has 1 aromatic heterocycles. The van der Waals surface area contributed by atoms with Crippen molar-refractivity contribution in [2.45, 2.75) is 32.4 Å². The van der Waals surface area contributed by atoms with E-state index >= 15 is 0 Å². The van der Waals surface area contributed by atoms with Gasteiger partial charge in [-0.1, -0.05) is 42.0 Å². The summed E-state index contributed by atoms with van der Waals surface area (Å²) in [5, 5.41) is 5.65. The van der Waals surface area contributed by atoms with E-state index in [-0.39, 0.29) is 18.4 Å². The molecule has 0 aliphatic rings. The van der Waals surface area contributed by atoms with Gasteiger partial charge in [-0.25, -0.2) is 9.78 Å². The van der Waals surface area contributed by atoms with E-state index in [1.807, 2.05) is 73.1 Å². The highest BCUT2D eigenvalue weighted by molar-refractivity contribution is 5.79. The van der Waals surface area contributed by atoms with Crippen LogP contribution in [0.3, 0.4) is 0 Å². The molecule has 0 aliphatic heterocycles. The van der Waals surface area contributed by atoms with Gasteiger partial charge in [-0.15, -0.1) is 0 Å². The van der Waals surface area contributed by atoms with Crippen molar-refractivity contribution in [3.8, 4) is 5.69 Å². The second-order valence-corrected chi connectivity index (χ2v) is 7.03. The Hall–Kier alpha value is -3.61. The molecule has 0 saturated carbocycles. The number of aromatic nitrogens is 2. The number of urea groups is 1. The Morgan fingerprint density at radius 3 is 2.48 bits per heavy atom. The Morgan fingerprint density at radius 1 is 1.10 bits per heavy atom. The van der Waals surface area contributed by atoms with E-state index in [9.17, 15) is 9.59 Å². The summed E-state index contributed by atoms with van der Waals surface area (Å²) >= 11 is 0. The molecule has 0 saturated heterocycles. The number of carbonyl (C=O) groups is 2. The summed E-state index contributed by atoms with van der Waals surface area (Å²) in [5.74, 6) is -0.170. The van der Waals surface area contributed by atoms with E-state index in [0.717, 1.165) is 22.4 Å². The summed E-state index contributed by atoms with van der Waals surface area (Å²) in [4.78, 5) is 28.1. The number of nitrogens with one attached hydrogen (secondary N) is 2. The topological polar surface area (TPSA) is 102 Å². The summed E-state index contributed by atoms with van der Waals surface area (Å²) in [6.07, 6.45) is 5.43. The molecule has 0 spiro atoms. The van der Waals surface area contributed by atoms with Crippen LogP contribution in [0.4, 0.5) is 4.79 Å². The Kier molecular flexibility index (Phi) is 6.29. The largest absolute Gasteiger partial charge is 0.352 e. The SMILES string of the molecule is Cc1cccc([C@H](CC(=O)N[C@@H](C)c2ccc(-n3ccnc3)cc2)NC(N)=O)c1. The van der Waals surface area contributed by atoms with Crippen molar-refractivity contribution in [1.29, 1.82) is 0 Å². The number of hydrogen-bond donors (Lipinski definition) is 3. The molecule has 7 nitrogen and oxygen atoms in total. The number of hydrogen-bond acceptors (Lipinski definition) is 3. The van der Waals surface area contributed by atoms with Crippen LogP contribution in [0.25, 0.3) is 5.69 Å². The molecule has 29 heavy (non-hydrogen) atoms. The van der Waals surface area contributed by atoms with Crippen molar-refractivity contribution in [3.63, 3.8) is 0 Å². The van der Waals surface area contributed by atoms with E-state index in [2.05, 4.69) is 15.6 Å². The second kappa shape index (κ2) is 9.05. The summed E-state index contributed by atoms with van der Waals surface area (Å²) < 4.78 is 1.91. The molecule has 150 valence electrons. The number of nitrogens with zero attached hydrogens (tertiary/aromatic N) is 2.